The van der Waals surface area contributed by atoms with Crippen LogP contribution in [-0.2, 0) is 23.4 Å². The molecular weight excluding hydrogens is 412 g/mol. The Balaban J connectivity index is 5.35. The van der Waals surface area contributed by atoms with Gasteiger partial charge in [-0.05, 0) is 58.0 Å². The Hall–Kier alpha value is -0.473. The predicted octanol–water partition coefficient (Wildman–Crippen LogP) is 4.91. The second kappa shape index (κ2) is 13.3. The fraction of sp³-hybridized carbons (Fsp3) is 0.958. The van der Waals surface area contributed by atoms with Gasteiger partial charge < -0.3 is 23.7 Å². The molecule has 0 rings (SSSR count). The third-order valence-electron chi connectivity index (χ3n) is 5.60. The van der Waals surface area contributed by atoms with Crippen LogP contribution in [0, 0.1) is 28.6 Å². The van der Waals surface area contributed by atoms with Gasteiger partial charge in [-0.2, -0.15) is 0 Å². The smallest absolute Gasteiger partial charge is 0.311 e. The van der Waals surface area contributed by atoms with E-state index >= 15 is 0 Å². The summed E-state index contributed by atoms with van der Waals surface area (Å²) in [5.41, 5.74) is -0.592. The molecule has 0 aromatic carbocycles. The lowest BCUT2D eigenvalue weighted by molar-refractivity contribution is -0.155. The molecule has 0 saturated heterocycles. The van der Waals surface area contributed by atoms with Crippen molar-refractivity contribution in [1.29, 1.82) is 0 Å². The number of methoxy groups -OCH3 is 2. The standard InChI is InChI=1S/C24H49O6Si/c1-16(15-29-22(26)24(6,7)8)13-18(27-9)20(23(3,4)5)19(28-10)14-17(2)21(25)30-31(11)12/h16-21,25H,13-15H2,1-12H3/t16-,17-,18+,19+,20+,21?/m1/s1. The van der Waals surface area contributed by atoms with Crippen molar-refractivity contribution in [2.75, 3.05) is 20.8 Å². The zero-order chi connectivity index (χ0) is 24.6. The van der Waals surface area contributed by atoms with Crippen LogP contribution in [0.4, 0.5) is 0 Å². The molecular formula is C24H49O6Si. The molecule has 6 nitrogen and oxygen atoms in total. The highest BCUT2D eigenvalue weighted by atomic mass is 28.3. The minimum Gasteiger partial charge on any atom is -0.465 e. The number of hydrogen-bond donors (Lipinski definition) is 1. The Morgan fingerprint density at radius 3 is 1.81 bits per heavy atom. The first-order valence-electron chi connectivity index (χ1n) is 11.4. The maximum Gasteiger partial charge on any atom is 0.311 e. The van der Waals surface area contributed by atoms with E-state index in [1.165, 1.54) is 0 Å². The van der Waals surface area contributed by atoms with E-state index in [0.29, 0.717) is 13.0 Å². The topological polar surface area (TPSA) is 74.2 Å². The number of carbonyl (C=O) groups is 1. The molecule has 6 atom stereocenters. The van der Waals surface area contributed by atoms with E-state index in [0.717, 1.165) is 6.42 Å². The van der Waals surface area contributed by atoms with Crippen LogP contribution in [0.3, 0.4) is 0 Å². The molecule has 0 spiro atoms. The molecule has 0 aliphatic rings. The van der Waals surface area contributed by atoms with E-state index in [1.54, 1.807) is 14.2 Å². The van der Waals surface area contributed by atoms with E-state index in [4.69, 9.17) is 18.6 Å². The summed E-state index contributed by atoms with van der Waals surface area (Å²) in [6.07, 6.45) is 0.448. The average Bonchev–Trinajstić information content (AvgIpc) is 2.61. The van der Waals surface area contributed by atoms with Crippen LogP contribution >= 0.6 is 0 Å². The summed E-state index contributed by atoms with van der Waals surface area (Å²) in [7, 11) is 2.47. The highest BCUT2D eigenvalue weighted by Crippen LogP contribution is 2.39. The largest absolute Gasteiger partial charge is 0.465 e. The van der Waals surface area contributed by atoms with Crippen molar-refractivity contribution in [3.63, 3.8) is 0 Å². The molecule has 1 radical (unpaired) electrons. The second-order valence-corrected chi connectivity index (χ2v) is 13.3. The third kappa shape index (κ3) is 11.3. The van der Waals surface area contributed by atoms with Gasteiger partial charge in [-0.25, -0.2) is 0 Å². The first-order chi connectivity index (χ1) is 14.0. The molecule has 0 aliphatic carbocycles. The van der Waals surface area contributed by atoms with Crippen molar-refractivity contribution in [3.05, 3.63) is 0 Å². The Labute approximate surface area is 193 Å². The van der Waals surface area contributed by atoms with E-state index in [2.05, 4.69) is 27.7 Å². The number of aliphatic hydroxyl groups excluding tert-OH is 1. The van der Waals surface area contributed by atoms with Crippen LogP contribution in [0.1, 0.15) is 68.2 Å². The molecule has 0 saturated carbocycles. The molecule has 1 unspecified atom stereocenters. The van der Waals surface area contributed by atoms with Gasteiger partial charge in [0.15, 0.2) is 0 Å². The lowest BCUT2D eigenvalue weighted by Crippen LogP contribution is -2.45. The molecule has 0 aliphatic heterocycles. The van der Waals surface area contributed by atoms with Crippen molar-refractivity contribution in [3.8, 4) is 0 Å². The normalized spacial score (nSPS) is 18.9. The fourth-order valence-corrected chi connectivity index (χ4v) is 4.59. The lowest BCUT2D eigenvalue weighted by atomic mass is 9.70. The van der Waals surface area contributed by atoms with Crippen LogP contribution in [0.15, 0.2) is 0 Å². The molecule has 0 aromatic rings. The van der Waals surface area contributed by atoms with Crippen LogP contribution in [0.5, 0.6) is 0 Å². The predicted molar refractivity (Wildman–Crippen MR) is 127 cm³/mol. The molecule has 0 bridgehead atoms. The van der Waals surface area contributed by atoms with Gasteiger partial charge in [0, 0.05) is 26.1 Å². The number of esters is 1. The molecule has 0 heterocycles. The van der Waals surface area contributed by atoms with Crippen molar-refractivity contribution in [2.45, 2.75) is 99.8 Å². The van der Waals surface area contributed by atoms with Crippen LogP contribution < -0.4 is 0 Å². The van der Waals surface area contributed by atoms with Gasteiger partial charge in [-0.15, -0.1) is 0 Å². The third-order valence-corrected chi connectivity index (χ3v) is 6.31. The SMILES string of the molecule is CO[C@@H](C[C@@H](C)COC(=O)C(C)(C)C)[C@@H]([C@H](C[C@@H](C)C(O)O[Si](C)C)OC)C(C)(C)C. The van der Waals surface area contributed by atoms with E-state index in [9.17, 15) is 9.90 Å². The Bertz CT molecular complexity index is 511. The monoisotopic (exact) mass is 461 g/mol. The zero-order valence-corrected chi connectivity index (χ0v) is 23.1. The molecule has 7 heteroatoms. The molecule has 31 heavy (non-hydrogen) atoms. The highest BCUT2D eigenvalue weighted by molar-refractivity contribution is 6.48. The Kier molecular flexibility index (Phi) is 13.1. The summed E-state index contributed by atoms with van der Waals surface area (Å²) in [5, 5.41) is 10.4. The summed E-state index contributed by atoms with van der Waals surface area (Å²) in [4.78, 5) is 12.1. The quantitative estimate of drug-likeness (QED) is 0.239. The van der Waals surface area contributed by atoms with E-state index in [-0.39, 0.29) is 41.3 Å². The first-order valence-corrected chi connectivity index (χ1v) is 13.8. The second-order valence-electron chi connectivity index (χ2n) is 11.3. The average molecular weight is 462 g/mol. The highest BCUT2D eigenvalue weighted by Gasteiger charge is 2.40. The van der Waals surface area contributed by atoms with Crippen LogP contribution in [0.25, 0.3) is 0 Å². The molecule has 0 amide bonds. The van der Waals surface area contributed by atoms with Gasteiger partial charge >= 0.3 is 5.97 Å². The maximum atomic E-state index is 12.1. The Morgan fingerprint density at radius 1 is 0.935 bits per heavy atom. The van der Waals surface area contributed by atoms with E-state index in [1.807, 2.05) is 40.8 Å². The van der Waals surface area contributed by atoms with Crippen LogP contribution in [0.2, 0.25) is 13.1 Å². The van der Waals surface area contributed by atoms with Gasteiger partial charge in [-0.1, -0.05) is 34.6 Å². The van der Waals surface area contributed by atoms with Crippen molar-refractivity contribution in [2.24, 2.45) is 28.6 Å². The summed E-state index contributed by atoms with van der Waals surface area (Å²) >= 11 is 0. The lowest BCUT2D eigenvalue weighted by Gasteiger charge is -2.43. The van der Waals surface area contributed by atoms with Gasteiger partial charge in [-0.3, -0.25) is 4.79 Å². The molecule has 0 fully saturated rings. The first kappa shape index (κ1) is 30.5. The van der Waals surface area contributed by atoms with Crippen molar-refractivity contribution in [1.82, 2.24) is 0 Å². The van der Waals surface area contributed by atoms with Crippen LogP contribution in [-0.4, -0.2) is 59.4 Å². The van der Waals surface area contributed by atoms with Gasteiger partial charge in [0.25, 0.3) is 0 Å². The van der Waals surface area contributed by atoms with Crippen molar-refractivity contribution < 1.29 is 28.5 Å². The summed E-state index contributed by atoms with van der Waals surface area (Å²) in [6, 6.07) is 0. The van der Waals surface area contributed by atoms with Gasteiger partial charge in [0.1, 0.15) is 6.29 Å². The number of hydrogen-bond acceptors (Lipinski definition) is 6. The number of aliphatic hydroxyl groups is 1. The number of rotatable bonds is 13. The Morgan fingerprint density at radius 2 is 1.42 bits per heavy atom. The van der Waals surface area contributed by atoms with Gasteiger partial charge in [0.2, 0.25) is 9.04 Å². The minimum absolute atomic E-state index is 0.0580. The summed E-state index contributed by atoms with van der Waals surface area (Å²) < 4.78 is 23.1. The van der Waals surface area contributed by atoms with Crippen molar-refractivity contribution >= 4 is 15.0 Å². The van der Waals surface area contributed by atoms with Gasteiger partial charge in [0.05, 0.1) is 24.2 Å². The fourth-order valence-electron chi connectivity index (χ4n) is 3.87. The molecule has 0 aromatic heterocycles. The minimum atomic E-state index is -0.985. The zero-order valence-electron chi connectivity index (χ0n) is 22.1. The number of ether oxygens (including phenoxy) is 3. The maximum absolute atomic E-state index is 12.1. The summed E-state index contributed by atoms with van der Waals surface area (Å²) in [5.74, 6) is -0.00960. The number of carbonyl (C=O) groups excluding carboxylic acids is 1. The summed E-state index contributed by atoms with van der Waals surface area (Å²) in [6.45, 7) is 20.6. The molecule has 1 N–H and O–H groups in total. The van der Waals surface area contributed by atoms with E-state index < -0.39 is 20.7 Å². The molecule has 185 valence electrons.